The fourth-order valence-electron chi connectivity index (χ4n) is 3.65. The van der Waals surface area contributed by atoms with Gasteiger partial charge in [0.25, 0.3) is 0 Å². The molecule has 1 N–H and O–H groups in total. The highest BCUT2D eigenvalue weighted by Crippen LogP contribution is 2.31. The van der Waals surface area contributed by atoms with Gasteiger partial charge in [0.15, 0.2) is 0 Å². The number of likely N-dealkylation sites (N-methyl/N-ethyl adjacent to an activating group) is 1. The summed E-state index contributed by atoms with van der Waals surface area (Å²) in [5.41, 5.74) is 2.61. The zero-order valence-corrected chi connectivity index (χ0v) is 11.9. The van der Waals surface area contributed by atoms with E-state index in [1.54, 1.807) is 0 Å². The molecule has 0 spiro atoms. The summed E-state index contributed by atoms with van der Waals surface area (Å²) in [7, 11) is 2.20. The van der Waals surface area contributed by atoms with Crippen molar-refractivity contribution in [3.63, 3.8) is 0 Å². The second-order valence-electron chi connectivity index (χ2n) is 6.04. The third-order valence-corrected chi connectivity index (χ3v) is 4.57. The normalized spacial score (nSPS) is 24.4. The van der Waals surface area contributed by atoms with Crippen LogP contribution in [0.25, 0.3) is 0 Å². The highest BCUT2D eigenvalue weighted by molar-refractivity contribution is 5.24. The van der Waals surface area contributed by atoms with Crippen molar-refractivity contribution in [1.29, 1.82) is 0 Å². The molecular weight excluding hydrogens is 238 g/mol. The van der Waals surface area contributed by atoms with Crippen molar-refractivity contribution in [2.45, 2.75) is 51.0 Å². The SMILES string of the molecule is CN1CCCC(c2nc3n(c2CCO)CCCC3)C1. The van der Waals surface area contributed by atoms with Crippen LogP contribution in [-0.2, 0) is 19.4 Å². The molecule has 1 fully saturated rings. The predicted octanol–water partition coefficient (Wildman–Crippen LogP) is 1.56. The molecule has 0 aliphatic carbocycles. The van der Waals surface area contributed by atoms with Crippen LogP contribution in [0.5, 0.6) is 0 Å². The van der Waals surface area contributed by atoms with Crippen LogP contribution in [0.1, 0.15) is 48.8 Å². The summed E-state index contributed by atoms with van der Waals surface area (Å²) >= 11 is 0. The highest BCUT2D eigenvalue weighted by atomic mass is 16.3. The molecular formula is C15H25N3O. The quantitative estimate of drug-likeness (QED) is 0.900. The largest absolute Gasteiger partial charge is 0.396 e. The van der Waals surface area contributed by atoms with E-state index >= 15 is 0 Å². The molecule has 0 radical (unpaired) electrons. The number of aryl methyl sites for hydroxylation is 1. The van der Waals surface area contributed by atoms with Crippen LogP contribution in [0.15, 0.2) is 0 Å². The molecule has 1 saturated heterocycles. The van der Waals surface area contributed by atoms with E-state index in [1.807, 2.05) is 0 Å². The third kappa shape index (κ3) is 2.56. The molecule has 0 bridgehead atoms. The number of hydrogen-bond donors (Lipinski definition) is 1. The van der Waals surface area contributed by atoms with E-state index in [-0.39, 0.29) is 6.61 Å². The first-order valence-electron chi connectivity index (χ1n) is 7.67. The van der Waals surface area contributed by atoms with E-state index in [4.69, 9.17) is 4.98 Å². The Kier molecular flexibility index (Phi) is 3.89. The topological polar surface area (TPSA) is 41.3 Å². The van der Waals surface area contributed by atoms with Crippen molar-refractivity contribution >= 4 is 0 Å². The minimum Gasteiger partial charge on any atom is -0.396 e. The van der Waals surface area contributed by atoms with E-state index in [9.17, 15) is 5.11 Å². The smallest absolute Gasteiger partial charge is 0.109 e. The summed E-state index contributed by atoms with van der Waals surface area (Å²) in [6.45, 7) is 3.66. The molecule has 0 aromatic carbocycles. The monoisotopic (exact) mass is 263 g/mol. The minimum atomic E-state index is 0.237. The standard InChI is InChI=1S/C15H25N3O/c1-17-8-4-5-12(11-17)15-13(7-10-19)18-9-3-2-6-14(18)16-15/h12,19H,2-11H2,1H3. The molecule has 106 valence electrons. The number of imidazole rings is 1. The number of fused-ring (bicyclic) bond motifs is 1. The summed E-state index contributed by atoms with van der Waals surface area (Å²) in [4.78, 5) is 7.36. The van der Waals surface area contributed by atoms with Gasteiger partial charge in [-0.05, 0) is 39.3 Å². The van der Waals surface area contributed by atoms with Crippen LogP contribution >= 0.6 is 0 Å². The second-order valence-corrected chi connectivity index (χ2v) is 6.04. The molecule has 0 amide bonds. The Labute approximate surface area is 115 Å². The molecule has 3 heterocycles. The number of piperidine rings is 1. The summed E-state index contributed by atoms with van der Waals surface area (Å²) in [5.74, 6) is 1.83. The molecule has 19 heavy (non-hydrogen) atoms. The fraction of sp³-hybridized carbons (Fsp3) is 0.800. The molecule has 4 heteroatoms. The van der Waals surface area contributed by atoms with Crippen LogP contribution in [-0.4, -0.2) is 46.3 Å². The van der Waals surface area contributed by atoms with Gasteiger partial charge in [0, 0.05) is 44.1 Å². The molecule has 0 saturated carbocycles. The van der Waals surface area contributed by atoms with Crippen LogP contribution in [0.4, 0.5) is 0 Å². The molecule has 3 rings (SSSR count). The minimum absolute atomic E-state index is 0.237. The maximum atomic E-state index is 9.36. The summed E-state index contributed by atoms with van der Waals surface area (Å²) in [6, 6.07) is 0. The molecule has 1 aromatic heterocycles. The maximum Gasteiger partial charge on any atom is 0.109 e. The first kappa shape index (κ1) is 13.1. The lowest BCUT2D eigenvalue weighted by Crippen LogP contribution is -2.31. The lowest BCUT2D eigenvalue weighted by atomic mass is 9.93. The predicted molar refractivity (Wildman–Crippen MR) is 75.4 cm³/mol. The van der Waals surface area contributed by atoms with Gasteiger partial charge in [-0.1, -0.05) is 0 Å². The summed E-state index contributed by atoms with van der Waals surface area (Å²) in [5, 5.41) is 9.36. The van der Waals surface area contributed by atoms with Crippen molar-refractivity contribution < 1.29 is 5.11 Å². The lowest BCUT2D eigenvalue weighted by molar-refractivity contribution is 0.246. The molecule has 1 atom stereocenters. The Morgan fingerprint density at radius 2 is 2.16 bits per heavy atom. The van der Waals surface area contributed by atoms with Gasteiger partial charge in [0.2, 0.25) is 0 Å². The molecule has 2 aliphatic heterocycles. The number of likely N-dealkylation sites (tertiary alicyclic amines) is 1. The Morgan fingerprint density at radius 3 is 2.95 bits per heavy atom. The zero-order valence-electron chi connectivity index (χ0n) is 11.9. The first-order chi connectivity index (χ1) is 9.29. The van der Waals surface area contributed by atoms with Crippen molar-refractivity contribution in [1.82, 2.24) is 14.5 Å². The lowest BCUT2D eigenvalue weighted by Gasteiger charge is -2.29. The number of aromatic nitrogens is 2. The van der Waals surface area contributed by atoms with Crippen LogP contribution in [0, 0.1) is 0 Å². The number of aliphatic hydroxyl groups is 1. The average Bonchev–Trinajstić information content (AvgIpc) is 2.79. The van der Waals surface area contributed by atoms with Gasteiger partial charge in [0.05, 0.1) is 5.69 Å². The van der Waals surface area contributed by atoms with E-state index in [1.165, 1.54) is 49.4 Å². The van der Waals surface area contributed by atoms with Gasteiger partial charge < -0.3 is 14.6 Å². The Hall–Kier alpha value is -0.870. The van der Waals surface area contributed by atoms with Crippen molar-refractivity contribution in [3.8, 4) is 0 Å². The first-order valence-corrected chi connectivity index (χ1v) is 7.67. The Bertz CT molecular complexity index is 441. The van der Waals surface area contributed by atoms with Gasteiger partial charge >= 0.3 is 0 Å². The van der Waals surface area contributed by atoms with Crippen molar-refractivity contribution in [2.75, 3.05) is 26.7 Å². The maximum absolute atomic E-state index is 9.36. The number of hydrogen-bond acceptors (Lipinski definition) is 3. The van der Waals surface area contributed by atoms with Crippen LogP contribution in [0.3, 0.4) is 0 Å². The van der Waals surface area contributed by atoms with Gasteiger partial charge in [0.1, 0.15) is 5.82 Å². The van der Waals surface area contributed by atoms with Gasteiger partial charge in [-0.2, -0.15) is 0 Å². The van der Waals surface area contributed by atoms with Crippen molar-refractivity contribution in [2.24, 2.45) is 0 Å². The molecule has 1 aromatic rings. The molecule has 1 unspecified atom stereocenters. The highest BCUT2D eigenvalue weighted by Gasteiger charge is 2.27. The van der Waals surface area contributed by atoms with Crippen molar-refractivity contribution in [3.05, 3.63) is 17.2 Å². The number of rotatable bonds is 3. The van der Waals surface area contributed by atoms with E-state index < -0.39 is 0 Å². The van der Waals surface area contributed by atoms with E-state index in [0.717, 1.165) is 25.9 Å². The van der Waals surface area contributed by atoms with E-state index in [2.05, 4.69) is 16.5 Å². The molecule has 4 nitrogen and oxygen atoms in total. The molecule has 2 aliphatic rings. The number of aliphatic hydroxyl groups excluding tert-OH is 1. The van der Waals surface area contributed by atoms with Gasteiger partial charge in [-0.15, -0.1) is 0 Å². The number of nitrogens with zero attached hydrogens (tertiary/aromatic N) is 3. The van der Waals surface area contributed by atoms with Gasteiger partial charge in [-0.3, -0.25) is 0 Å². The Morgan fingerprint density at radius 1 is 1.26 bits per heavy atom. The Balaban J connectivity index is 1.92. The zero-order chi connectivity index (χ0) is 13.2. The summed E-state index contributed by atoms with van der Waals surface area (Å²) < 4.78 is 2.39. The van der Waals surface area contributed by atoms with Crippen LogP contribution in [0.2, 0.25) is 0 Å². The van der Waals surface area contributed by atoms with Crippen LogP contribution < -0.4 is 0 Å². The third-order valence-electron chi connectivity index (χ3n) is 4.57. The second kappa shape index (κ2) is 5.63. The van der Waals surface area contributed by atoms with Gasteiger partial charge in [-0.25, -0.2) is 4.98 Å². The summed E-state index contributed by atoms with van der Waals surface area (Å²) in [6.07, 6.45) is 6.91. The van der Waals surface area contributed by atoms with E-state index in [0.29, 0.717) is 5.92 Å². The fourth-order valence-corrected chi connectivity index (χ4v) is 3.65. The average molecular weight is 263 g/mol.